The van der Waals surface area contributed by atoms with Crippen molar-refractivity contribution in [2.45, 2.75) is 38.1 Å². The molecule has 0 unspecified atom stereocenters. The maximum absolute atomic E-state index is 12.6. The summed E-state index contributed by atoms with van der Waals surface area (Å²) in [5.41, 5.74) is 0.533. The van der Waals surface area contributed by atoms with Gasteiger partial charge in [0.1, 0.15) is 6.04 Å². The number of hydrogen-bond acceptors (Lipinski definition) is 2. The van der Waals surface area contributed by atoms with E-state index in [1.807, 2.05) is 36.4 Å². The molecule has 0 saturated heterocycles. The number of carboxylic acids is 1. The van der Waals surface area contributed by atoms with Crippen LogP contribution in [0.4, 0.5) is 0 Å². The first-order valence-electron chi connectivity index (χ1n) is 8.18. The van der Waals surface area contributed by atoms with Crippen LogP contribution in [-0.4, -0.2) is 23.0 Å². The third-order valence-electron chi connectivity index (χ3n) is 4.71. The molecule has 1 fully saturated rings. The summed E-state index contributed by atoms with van der Waals surface area (Å²) in [6.45, 7) is 0. The number of hydrogen-bond donors (Lipinski definition) is 2. The number of carbonyl (C=O) groups is 2. The molecule has 1 aliphatic rings. The predicted octanol–water partition coefficient (Wildman–Crippen LogP) is 3.60. The van der Waals surface area contributed by atoms with Crippen LogP contribution >= 0.6 is 0 Å². The lowest BCUT2D eigenvalue weighted by atomic mass is 9.83. The van der Waals surface area contributed by atoms with Crippen LogP contribution in [0.15, 0.2) is 42.5 Å². The van der Waals surface area contributed by atoms with Gasteiger partial charge in [-0.2, -0.15) is 0 Å². The maximum atomic E-state index is 12.6. The largest absolute Gasteiger partial charge is 0.480 e. The lowest BCUT2D eigenvalue weighted by Gasteiger charge is -2.28. The van der Waals surface area contributed by atoms with E-state index in [4.69, 9.17) is 0 Å². The summed E-state index contributed by atoms with van der Waals surface area (Å²) in [6.07, 6.45) is 4.97. The summed E-state index contributed by atoms with van der Waals surface area (Å²) in [5.74, 6) is -1.22. The van der Waals surface area contributed by atoms with Gasteiger partial charge in [0.25, 0.3) is 5.91 Å². The number of amides is 1. The van der Waals surface area contributed by atoms with E-state index in [-0.39, 0.29) is 11.8 Å². The highest BCUT2D eigenvalue weighted by molar-refractivity contribution is 6.07. The van der Waals surface area contributed by atoms with E-state index < -0.39 is 12.0 Å². The van der Waals surface area contributed by atoms with Gasteiger partial charge in [0, 0.05) is 5.56 Å². The van der Waals surface area contributed by atoms with Crippen LogP contribution in [0.1, 0.15) is 42.5 Å². The fourth-order valence-corrected chi connectivity index (χ4v) is 3.49. The number of carbonyl (C=O) groups excluding carboxylic acids is 1. The first kappa shape index (κ1) is 15.5. The minimum Gasteiger partial charge on any atom is -0.480 e. The summed E-state index contributed by atoms with van der Waals surface area (Å²) in [6, 6.07) is 12.4. The number of benzene rings is 2. The Hall–Kier alpha value is -2.36. The third-order valence-corrected chi connectivity index (χ3v) is 4.71. The third kappa shape index (κ3) is 3.36. The van der Waals surface area contributed by atoms with Crippen molar-refractivity contribution >= 4 is 22.6 Å². The van der Waals surface area contributed by atoms with Gasteiger partial charge in [0.05, 0.1) is 0 Å². The van der Waals surface area contributed by atoms with Crippen molar-refractivity contribution in [3.05, 3.63) is 48.0 Å². The molecule has 3 rings (SSSR count). The predicted molar refractivity (Wildman–Crippen MR) is 89.4 cm³/mol. The Morgan fingerprint density at radius 2 is 1.70 bits per heavy atom. The van der Waals surface area contributed by atoms with Crippen molar-refractivity contribution < 1.29 is 14.7 Å². The number of fused-ring (bicyclic) bond motifs is 1. The molecule has 0 heterocycles. The summed E-state index contributed by atoms with van der Waals surface area (Å²) < 4.78 is 0. The first-order chi connectivity index (χ1) is 11.2. The zero-order chi connectivity index (χ0) is 16.2. The van der Waals surface area contributed by atoms with Crippen LogP contribution in [0.25, 0.3) is 10.8 Å². The Bertz CT molecular complexity index is 714. The summed E-state index contributed by atoms with van der Waals surface area (Å²) in [5, 5.41) is 14.1. The second-order valence-electron chi connectivity index (χ2n) is 6.21. The monoisotopic (exact) mass is 311 g/mol. The standard InChI is InChI=1S/C19H21NO3/c21-18(16-12-6-10-13-7-4-5-11-15(13)16)20-17(19(22)23)14-8-2-1-3-9-14/h4-7,10-12,14,17H,1-3,8-9H2,(H,20,21)(H,22,23)/t17-/m1/s1. The molecule has 2 aromatic rings. The van der Waals surface area contributed by atoms with Crippen LogP contribution < -0.4 is 5.32 Å². The minimum absolute atomic E-state index is 0.0279. The molecule has 1 saturated carbocycles. The molecule has 0 radical (unpaired) electrons. The minimum atomic E-state index is -0.939. The van der Waals surface area contributed by atoms with E-state index in [1.54, 1.807) is 6.07 Å². The molecule has 0 bridgehead atoms. The van der Waals surface area contributed by atoms with Gasteiger partial charge in [-0.15, -0.1) is 0 Å². The molecule has 0 aromatic heterocycles. The number of rotatable bonds is 4. The number of carboxylic acid groups (broad SMARTS) is 1. The Kier molecular flexibility index (Phi) is 4.60. The Morgan fingerprint density at radius 3 is 2.43 bits per heavy atom. The summed E-state index contributed by atoms with van der Waals surface area (Å²) in [4.78, 5) is 24.3. The summed E-state index contributed by atoms with van der Waals surface area (Å²) in [7, 11) is 0. The molecular weight excluding hydrogens is 290 g/mol. The molecule has 1 atom stereocenters. The molecule has 23 heavy (non-hydrogen) atoms. The smallest absolute Gasteiger partial charge is 0.326 e. The van der Waals surface area contributed by atoms with Crippen molar-refractivity contribution in [1.29, 1.82) is 0 Å². The second-order valence-corrected chi connectivity index (χ2v) is 6.21. The van der Waals surface area contributed by atoms with E-state index in [2.05, 4.69) is 5.32 Å². The highest BCUT2D eigenvalue weighted by Gasteiger charge is 2.31. The zero-order valence-electron chi connectivity index (χ0n) is 13.0. The van der Waals surface area contributed by atoms with Crippen molar-refractivity contribution in [2.75, 3.05) is 0 Å². The van der Waals surface area contributed by atoms with E-state index in [9.17, 15) is 14.7 Å². The SMILES string of the molecule is O=C(N[C@@H](C(=O)O)C1CCCCC1)c1cccc2ccccc12. The maximum Gasteiger partial charge on any atom is 0.326 e. The van der Waals surface area contributed by atoms with Gasteiger partial charge in [-0.25, -0.2) is 4.79 Å². The molecule has 4 heteroatoms. The topological polar surface area (TPSA) is 66.4 Å². The summed E-state index contributed by atoms with van der Waals surface area (Å²) >= 11 is 0. The van der Waals surface area contributed by atoms with Crippen molar-refractivity contribution in [2.24, 2.45) is 5.92 Å². The van der Waals surface area contributed by atoms with Crippen LogP contribution in [0.2, 0.25) is 0 Å². The lowest BCUT2D eigenvalue weighted by Crippen LogP contribution is -2.46. The van der Waals surface area contributed by atoms with Gasteiger partial charge in [0.2, 0.25) is 0 Å². The lowest BCUT2D eigenvalue weighted by molar-refractivity contribution is -0.141. The molecule has 0 aliphatic heterocycles. The fourth-order valence-electron chi connectivity index (χ4n) is 3.49. The molecule has 2 aromatic carbocycles. The van der Waals surface area contributed by atoms with E-state index in [0.29, 0.717) is 5.56 Å². The quantitative estimate of drug-likeness (QED) is 0.906. The molecule has 120 valence electrons. The van der Waals surface area contributed by atoms with Gasteiger partial charge in [-0.05, 0) is 35.6 Å². The molecule has 2 N–H and O–H groups in total. The van der Waals surface area contributed by atoms with E-state index in [1.165, 1.54) is 0 Å². The normalized spacial score (nSPS) is 16.9. The average molecular weight is 311 g/mol. The van der Waals surface area contributed by atoms with Crippen LogP contribution in [-0.2, 0) is 4.79 Å². The zero-order valence-corrected chi connectivity index (χ0v) is 13.0. The Balaban J connectivity index is 1.84. The fraction of sp³-hybridized carbons (Fsp3) is 0.368. The molecule has 1 aliphatic carbocycles. The van der Waals surface area contributed by atoms with E-state index >= 15 is 0 Å². The molecule has 0 spiro atoms. The number of nitrogens with one attached hydrogen (secondary N) is 1. The van der Waals surface area contributed by atoms with Gasteiger partial charge in [-0.1, -0.05) is 55.7 Å². The highest BCUT2D eigenvalue weighted by Crippen LogP contribution is 2.27. The van der Waals surface area contributed by atoms with E-state index in [0.717, 1.165) is 42.9 Å². The average Bonchev–Trinajstić information content (AvgIpc) is 2.59. The Morgan fingerprint density at radius 1 is 1.00 bits per heavy atom. The van der Waals surface area contributed by atoms with Crippen molar-refractivity contribution in [3.63, 3.8) is 0 Å². The van der Waals surface area contributed by atoms with Crippen LogP contribution in [0.5, 0.6) is 0 Å². The van der Waals surface area contributed by atoms with Gasteiger partial charge < -0.3 is 10.4 Å². The van der Waals surface area contributed by atoms with Crippen molar-refractivity contribution in [1.82, 2.24) is 5.32 Å². The second kappa shape index (κ2) is 6.82. The van der Waals surface area contributed by atoms with Gasteiger partial charge >= 0.3 is 5.97 Å². The van der Waals surface area contributed by atoms with Crippen molar-refractivity contribution in [3.8, 4) is 0 Å². The van der Waals surface area contributed by atoms with Crippen LogP contribution in [0, 0.1) is 5.92 Å². The first-order valence-corrected chi connectivity index (χ1v) is 8.18. The highest BCUT2D eigenvalue weighted by atomic mass is 16.4. The number of aliphatic carboxylic acids is 1. The van der Waals surface area contributed by atoms with Gasteiger partial charge in [-0.3, -0.25) is 4.79 Å². The van der Waals surface area contributed by atoms with Crippen LogP contribution in [0.3, 0.4) is 0 Å². The Labute approximate surface area is 135 Å². The molecular formula is C19H21NO3. The molecule has 4 nitrogen and oxygen atoms in total. The molecule has 1 amide bonds. The van der Waals surface area contributed by atoms with Gasteiger partial charge in [0.15, 0.2) is 0 Å².